The van der Waals surface area contributed by atoms with Crippen molar-refractivity contribution in [2.75, 3.05) is 6.54 Å². The number of carbonyl (C=O) groups is 1. The van der Waals surface area contributed by atoms with E-state index < -0.39 is 11.5 Å². The third-order valence-electron chi connectivity index (χ3n) is 3.18. The second kappa shape index (κ2) is 6.16. The smallest absolute Gasteiger partial charge is 0.256 e. The van der Waals surface area contributed by atoms with Crippen LogP contribution in [0.1, 0.15) is 22.8 Å². The summed E-state index contributed by atoms with van der Waals surface area (Å²) in [7, 11) is 1.73. The maximum Gasteiger partial charge on any atom is 0.256 e. The normalized spacial score (nSPS) is 13.7. The van der Waals surface area contributed by atoms with E-state index in [2.05, 4.69) is 10.4 Å². The molecular formula is C14H15Cl2N3O3. The number of phenols is 1. The van der Waals surface area contributed by atoms with Gasteiger partial charge in [0.05, 0.1) is 23.3 Å². The zero-order valence-electron chi connectivity index (χ0n) is 12.0. The number of rotatable bonds is 4. The van der Waals surface area contributed by atoms with Gasteiger partial charge in [0.1, 0.15) is 11.4 Å². The molecule has 118 valence electrons. The number of aliphatic hydroxyl groups is 1. The largest absolute Gasteiger partial charge is 0.507 e. The van der Waals surface area contributed by atoms with Gasteiger partial charge in [0.2, 0.25) is 0 Å². The lowest BCUT2D eigenvalue weighted by Crippen LogP contribution is -2.38. The van der Waals surface area contributed by atoms with E-state index in [4.69, 9.17) is 23.2 Å². The van der Waals surface area contributed by atoms with Crippen LogP contribution in [0.5, 0.6) is 5.75 Å². The second-order valence-corrected chi connectivity index (χ2v) is 5.98. The molecule has 3 N–H and O–H groups in total. The van der Waals surface area contributed by atoms with Crippen molar-refractivity contribution in [3.63, 3.8) is 0 Å². The summed E-state index contributed by atoms with van der Waals surface area (Å²) in [6, 6.07) is 2.58. The maximum absolute atomic E-state index is 12.2. The zero-order chi connectivity index (χ0) is 16.5. The minimum absolute atomic E-state index is 0.0310. The number of amides is 1. The lowest BCUT2D eigenvalue weighted by molar-refractivity contribution is 0.0525. The van der Waals surface area contributed by atoms with Crippen LogP contribution in [0.3, 0.4) is 0 Å². The Balaban J connectivity index is 2.13. The number of hydrogen-bond acceptors (Lipinski definition) is 4. The molecule has 0 aliphatic carbocycles. The van der Waals surface area contributed by atoms with Crippen molar-refractivity contribution in [2.24, 2.45) is 7.05 Å². The number of hydrogen-bond donors (Lipinski definition) is 3. The van der Waals surface area contributed by atoms with E-state index in [1.165, 1.54) is 18.3 Å². The van der Waals surface area contributed by atoms with Crippen molar-refractivity contribution >= 4 is 29.1 Å². The average molecular weight is 344 g/mol. The van der Waals surface area contributed by atoms with E-state index in [0.29, 0.717) is 5.56 Å². The molecule has 0 spiro atoms. The van der Waals surface area contributed by atoms with E-state index >= 15 is 0 Å². The highest BCUT2D eigenvalue weighted by Crippen LogP contribution is 2.30. The molecule has 0 saturated heterocycles. The van der Waals surface area contributed by atoms with Crippen LogP contribution in [0.2, 0.25) is 10.0 Å². The van der Waals surface area contributed by atoms with Crippen LogP contribution in [0.15, 0.2) is 24.5 Å². The quantitative estimate of drug-likeness (QED) is 0.792. The molecule has 1 amide bonds. The summed E-state index contributed by atoms with van der Waals surface area (Å²) in [4.78, 5) is 12.2. The predicted octanol–water partition coefficient (Wildman–Crippen LogP) is 2.07. The molecule has 0 saturated carbocycles. The topological polar surface area (TPSA) is 87.4 Å². The molecule has 1 aromatic heterocycles. The first-order valence-corrected chi connectivity index (χ1v) is 7.14. The Labute approximate surface area is 137 Å². The van der Waals surface area contributed by atoms with E-state index in [0.717, 1.165) is 0 Å². The molecule has 1 aromatic carbocycles. The number of phenolic OH excluding ortho intramolecular Hbond substituents is 1. The van der Waals surface area contributed by atoms with Crippen LogP contribution in [0.4, 0.5) is 0 Å². The molecule has 0 fully saturated rings. The van der Waals surface area contributed by atoms with Gasteiger partial charge < -0.3 is 15.5 Å². The summed E-state index contributed by atoms with van der Waals surface area (Å²) in [5.41, 5.74) is -0.840. The van der Waals surface area contributed by atoms with Crippen molar-refractivity contribution in [1.82, 2.24) is 15.1 Å². The Morgan fingerprint density at radius 1 is 1.45 bits per heavy atom. The molecule has 1 atom stereocenters. The van der Waals surface area contributed by atoms with Crippen LogP contribution >= 0.6 is 23.2 Å². The van der Waals surface area contributed by atoms with Crippen molar-refractivity contribution in [1.29, 1.82) is 0 Å². The van der Waals surface area contributed by atoms with Crippen LogP contribution in [-0.4, -0.2) is 32.4 Å². The number of benzene rings is 1. The second-order valence-electron chi connectivity index (χ2n) is 5.14. The number of aryl methyl sites for hydroxylation is 1. The SMILES string of the molecule is Cn1cc([C@@](C)(O)CNC(=O)c2c(O)cc(Cl)cc2Cl)cn1. The van der Waals surface area contributed by atoms with Gasteiger partial charge in [0.25, 0.3) is 5.91 Å². The van der Waals surface area contributed by atoms with Crippen molar-refractivity contribution < 1.29 is 15.0 Å². The van der Waals surface area contributed by atoms with E-state index in [-0.39, 0.29) is 27.9 Å². The van der Waals surface area contributed by atoms with Gasteiger partial charge in [-0.2, -0.15) is 5.10 Å². The average Bonchev–Trinajstić information content (AvgIpc) is 2.83. The van der Waals surface area contributed by atoms with Gasteiger partial charge in [-0.25, -0.2) is 0 Å². The lowest BCUT2D eigenvalue weighted by Gasteiger charge is -2.22. The molecule has 22 heavy (non-hydrogen) atoms. The highest BCUT2D eigenvalue weighted by atomic mass is 35.5. The molecule has 8 heteroatoms. The van der Waals surface area contributed by atoms with Crippen LogP contribution in [0.25, 0.3) is 0 Å². The van der Waals surface area contributed by atoms with Gasteiger partial charge >= 0.3 is 0 Å². The summed E-state index contributed by atoms with van der Waals surface area (Å²) in [6.07, 6.45) is 3.16. The number of halogens is 2. The molecule has 0 unspecified atom stereocenters. The minimum atomic E-state index is -1.31. The highest BCUT2D eigenvalue weighted by molar-refractivity contribution is 6.37. The number of aromatic nitrogens is 2. The van der Waals surface area contributed by atoms with Crippen LogP contribution in [0, 0.1) is 0 Å². The molecule has 6 nitrogen and oxygen atoms in total. The summed E-state index contributed by atoms with van der Waals surface area (Å²) < 4.78 is 1.55. The Kier molecular flexibility index (Phi) is 4.65. The number of aromatic hydroxyl groups is 1. The maximum atomic E-state index is 12.2. The van der Waals surface area contributed by atoms with Gasteiger partial charge in [0.15, 0.2) is 0 Å². The fraction of sp³-hybridized carbons (Fsp3) is 0.286. The molecule has 0 aliphatic rings. The molecule has 2 rings (SSSR count). The van der Waals surface area contributed by atoms with E-state index in [9.17, 15) is 15.0 Å². The number of carbonyl (C=O) groups excluding carboxylic acids is 1. The summed E-state index contributed by atoms with van der Waals surface area (Å²) >= 11 is 11.7. The van der Waals surface area contributed by atoms with E-state index in [1.54, 1.807) is 24.9 Å². The third-order valence-corrected chi connectivity index (χ3v) is 3.70. The predicted molar refractivity (Wildman–Crippen MR) is 83.2 cm³/mol. The summed E-state index contributed by atoms with van der Waals surface area (Å²) in [5.74, 6) is -0.931. The molecule has 0 radical (unpaired) electrons. The first kappa shape index (κ1) is 16.6. The lowest BCUT2D eigenvalue weighted by atomic mass is 9.99. The molecule has 0 bridgehead atoms. The van der Waals surface area contributed by atoms with Gasteiger partial charge in [-0.05, 0) is 19.1 Å². The van der Waals surface area contributed by atoms with Crippen molar-refractivity contribution in [3.05, 3.63) is 45.7 Å². The Morgan fingerprint density at radius 2 is 2.14 bits per heavy atom. The Hall–Kier alpha value is -1.76. The fourth-order valence-corrected chi connectivity index (χ4v) is 2.50. The van der Waals surface area contributed by atoms with Gasteiger partial charge in [-0.1, -0.05) is 23.2 Å². The molecular weight excluding hydrogens is 329 g/mol. The number of nitrogens with zero attached hydrogens (tertiary/aromatic N) is 2. The first-order chi connectivity index (χ1) is 10.2. The number of nitrogens with one attached hydrogen (secondary N) is 1. The zero-order valence-corrected chi connectivity index (χ0v) is 13.5. The fourth-order valence-electron chi connectivity index (χ4n) is 1.93. The standard InChI is InChI=1S/C14H15Cl2N3O3/c1-14(22,8-5-18-19(2)6-8)7-17-13(21)12-10(16)3-9(15)4-11(12)20/h3-6,20,22H,7H2,1-2H3,(H,17,21)/t14-/m0/s1. The summed E-state index contributed by atoms with van der Waals surface area (Å²) in [6.45, 7) is 1.48. The van der Waals surface area contributed by atoms with Gasteiger partial charge in [-0.15, -0.1) is 0 Å². The van der Waals surface area contributed by atoms with Gasteiger partial charge in [0, 0.05) is 23.8 Å². The molecule has 1 heterocycles. The summed E-state index contributed by atoms with van der Waals surface area (Å²) in [5, 5.41) is 26.9. The highest BCUT2D eigenvalue weighted by Gasteiger charge is 2.26. The van der Waals surface area contributed by atoms with Crippen molar-refractivity contribution in [2.45, 2.75) is 12.5 Å². The van der Waals surface area contributed by atoms with E-state index in [1.807, 2.05) is 0 Å². The third kappa shape index (κ3) is 3.52. The minimum Gasteiger partial charge on any atom is -0.507 e. The Bertz CT molecular complexity index is 690. The monoisotopic (exact) mass is 343 g/mol. The van der Waals surface area contributed by atoms with Crippen LogP contribution in [-0.2, 0) is 12.6 Å². The first-order valence-electron chi connectivity index (χ1n) is 6.38. The van der Waals surface area contributed by atoms with Gasteiger partial charge in [-0.3, -0.25) is 9.48 Å². The molecule has 2 aromatic rings. The molecule has 0 aliphatic heterocycles. The van der Waals surface area contributed by atoms with Crippen molar-refractivity contribution in [3.8, 4) is 5.75 Å². The van der Waals surface area contributed by atoms with Crippen LogP contribution < -0.4 is 5.32 Å². The Morgan fingerprint density at radius 3 is 2.68 bits per heavy atom.